The summed E-state index contributed by atoms with van der Waals surface area (Å²) in [5.74, 6) is 0.986. The van der Waals surface area contributed by atoms with Crippen molar-refractivity contribution in [3.8, 4) is 5.69 Å². The molecule has 1 heterocycles. The molecule has 0 aliphatic rings. The highest BCUT2D eigenvalue weighted by Gasteiger charge is 2.10. The number of nitrogens with zero attached hydrogens (tertiary/aromatic N) is 3. The molecule has 0 N–H and O–H groups in total. The first kappa shape index (κ1) is 14.1. The van der Waals surface area contributed by atoms with Gasteiger partial charge in [-0.1, -0.05) is 48.0 Å². The zero-order valence-corrected chi connectivity index (χ0v) is 12.7. The van der Waals surface area contributed by atoms with Crippen LogP contribution in [-0.4, -0.2) is 9.55 Å². The van der Waals surface area contributed by atoms with Crippen LogP contribution in [0.2, 0.25) is 0 Å². The largest absolute Gasteiger partial charge is 0.303 e. The van der Waals surface area contributed by atoms with Crippen molar-refractivity contribution in [2.24, 2.45) is 0 Å². The summed E-state index contributed by atoms with van der Waals surface area (Å²) in [7, 11) is 0. The molecule has 0 fully saturated rings. The molecule has 0 saturated heterocycles. The minimum atomic E-state index is 0.669. The molecule has 0 unspecified atom stereocenters. The van der Waals surface area contributed by atoms with E-state index in [-0.39, 0.29) is 0 Å². The third kappa shape index (κ3) is 2.64. The van der Waals surface area contributed by atoms with Crippen LogP contribution in [0.3, 0.4) is 0 Å². The van der Waals surface area contributed by atoms with Gasteiger partial charge in [-0.3, -0.25) is 0 Å². The number of imidazole rings is 1. The van der Waals surface area contributed by atoms with Crippen LogP contribution in [0.15, 0.2) is 54.9 Å². The first-order valence-corrected chi connectivity index (χ1v) is 7.24. The number of aryl methyl sites for hydroxylation is 2. The summed E-state index contributed by atoms with van der Waals surface area (Å²) in [6.45, 7) is 11.4. The van der Waals surface area contributed by atoms with E-state index in [9.17, 15) is 0 Å². The molecule has 3 nitrogen and oxygen atoms in total. The molecular weight excluding hydrogens is 270 g/mol. The highest BCUT2D eigenvalue weighted by molar-refractivity contribution is 5.49. The maximum atomic E-state index is 7.13. The highest BCUT2D eigenvalue weighted by Crippen LogP contribution is 2.22. The van der Waals surface area contributed by atoms with Gasteiger partial charge in [-0.25, -0.2) is 9.83 Å². The average Bonchev–Trinajstić information content (AvgIpc) is 2.95. The molecule has 3 heteroatoms. The summed E-state index contributed by atoms with van der Waals surface area (Å²) in [4.78, 5) is 8.00. The van der Waals surface area contributed by atoms with Crippen molar-refractivity contribution >= 4 is 5.69 Å². The van der Waals surface area contributed by atoms with Crippen LogP contribution >= 0.6 is 0 Å². The predicted molar refractivity (Wildman–Crippen MR) is 88.5 cm³/mol. The Morgan fingerprint density at radius 2 is 1.82 bits per heavy atom. The second-order valence-electron chi connectivity index (χ2n) is 5.41. The Kier molecular flexibility index (Phi) is 3.76. The summed E-state index contributed by atoms with van der Waals surface area (Å²) >= 11 is 0. The van der Waals surface area contributed by atoms with E-state index in [1.165, 1.54) is 16.8 Å². The monoisotopic (exact) mass is 287 g/mol. The van der Waals surface area contributed by atoms with Crippen molar-refractivity contribution in [3.05, 3.63) is 88.8 Å². The van der Waals surface area contributed by atoms with Crippen LogP contribution in [-0.2, 0) is 6.42 Å². The maximum Gasteiger partial charge on any atom is 0.187 e. The fourth-order valence-electron chi connectivity index (χ4n) is 2.77. The highest BCUT2D eigenvalue weighted by atomic mass is 15.1. The van der Waals surface area contributed by atoms with Crippen LogP contribution in [0.4, 0.5) is 5.69 Å². The van der Waals surface area contributed by atoms with E-state index in [4.69, 9.17) is 6.57 Å². The quantitative estimate of drug-likeness (QED) is 0.644. The van der Waals surface area contributed by atoms with Crippen LogP contribution in [0.1, 0.15) is 22.5 Å². The van der Waals surface area contributed by atoms with E-state index in [1.807, 2.05) is 36.7 Å². The molecule has 22 heavy (non-hydrogen) atoms. The van der Waals surface area contributed by atoms with Gasteiger partial charge in [-0.05, 0) is 25.0 Å². The summed E-state index contributed by atoms with van der Waals surface area (Å²) < 4.78 is 2.15. The standard InChI is InChI=1S/C19H17N3/c1-14-6-4-7-15(2)19(14)22-11-10-21-18(22)13-16-8-5-9-17(12-16)20-3/h4-12H,13H2,1-2H3. The number of para-hydroxylation sites is 1. The van der Waals surface area contributed by atoms with Gasteiger partial charge in [0.25, 0.3) is 0 Å². The van der Waals surface area contributed by atoms with Gasteiger partial charge in [0.15, 0.2) is 5.69 Å². The molecule has 0 aliphatic heterocycles. The van der Waals surface area contributed by atoms with Crippen LogP contribution in [0.25, 0.3) is 10.5 Å². The second kappa shape index (κ2) is 5.87. The third-order valence-electron chi connectivity index (χ3n) is 3.80. The predicted octanol–water partition coefficient (Wildman–Crippen LogP) is 4.63. The molecule has 0 saturated carbocycles. The number of hydrogen-bond acceptors (Lipinski definition) is 1. The molecule has 2 aromatic carbocycles. The molecule has 0 aliphatic carbocycles. The average molecular weight is 287 g/mol. The smallest absolute Gasteiger partial charge is 0.187 e. The van der Waals surface area contributed by atoms with Crippen LogP contribution in [0.5, 0.6) is 0 Å². The second-order valence-corrected chi connectivity index (χ2v) is 5.41. The molecule has 108 valence electrons. The fraction of sp³-hybridized carbons (Fsp3) is 0.158. The van der Waals surface area contributed by atoms with Crippen molar-refractivity contribution in [3.63, 3.8) is 0 Å². The zero-order chi connectivity index (χ0) is 15.5. The first-order valence-electron chi connectivity index (χ1n) is 7.24. The molecule has 0 atom stereocenters. The molecule has 0 bridgehead atoms. The molecule has 3 rings (SSSR count). The summed E-state index contributed by atoms with van der Waals surface area (Å²) in [5.41, 5.74) is 5.43. The van der Waals surface area contributed by atoms with E-state index >= 15 is 0 Å². The lowest BCUT2D eigenvalue weighted by Crippen LogP contribution is -2.05. The minimum Gasteiger partial charge on any atom is -0.303 e. The SMILES string of the molecule is [C-]#[N+]c1cccc(Cc2nccn2-c2c(C)cccc2C)c1. The van der Waals surface area contributed by atoms with E-state index in [0.717, 1.165) is 11.4 Å². The van der Waals surface area contributed by atoms with E-state index in [1.54, 1.807) is 0 Å². The van der Waals surface area contributed by atoms with Crippen molar-refractivity contribution in [2.45, 2.75) is 20.3 Å². The molecular formula is C19H17N3. The molecule has 0 amide bonds. The first-order chi connectivity index (χ1) is 10.7. The van der Waals surface area contributed by atoms with Crippen LogP contribution in [0, 0.1) is 20.4 Å². The van der Waals surface area contributed by atoms with Crippen molar-refractivity contribution in [1.29, 1.82) is 0 Å². The van der Waals surface area contributed by atoms with Gasteiger partial charge in [0.1, 0.15) is 5.82 Å². The maximum absolute atomic E-state index is 7.13. The summed E-state index contributed by atoms with van der Waals surface area (Å²) in [6, 6.07) is 14.0. The van der Waals surface area contributed by atoms with Gasteiger partial charge in [-0.15, -0.1) is 0 Å². The Hall–Kier alpha value is -2.86. The lowest BCUT2D eigenvalue weighted by atomic mass is 10.1. The van der Waals surface area contributed by atoms with Gasteiger partial charge in [0, 0.05) is 18.8 Å². The van der Waals surface area contributed by atoms with Gasteiger partial charge in [0.2, 0.25) is 0 Å². The van der Waals surface area contributed by atoms with Gasteiger partial charge >= 0.3 is 0 Å². The summed E-state index contributed by atoms with van der Waals surface area (Å²) in [5, 5.41) is 0. The van der Waals surface area contributed by atoms with Gasteiger partial charge in [-0.2, -0.15) is 0 Å². The molecule has 3 aromatic rings. The number of rotatable bonds is 3. The van der Waals surface area contributed by atoms with Crippen molar-refractivity contribution in [2.75, 3.05) is 0 Å². The normalized spacial score (nSPS) is 10.4. The number of benzene rings is 2. The van der Waals surface area contributed by atoms with Gasteiger partial charge < -0.3 is 4.57 Å². The van der Waals surface area contributed by atoms with Crippen molar-refractivity contribution < 1.29 is 0 Å². The minimum absolute atomic E-state index is 0.669. The molecule has 1 aromatic heterocycles. The Morgan fingerprint density at radius 1 is 1.09 bits per heavy atom. The summed E-state index contributed by atoms with van der Waals surface area (Å²) in [6.07, 6.45) is 4.55. The van der Waals surface area contributed by atoms with Gasteiger partial charge in [0.05, 0.1) is 12.3 Å². The van der Waals surface area contributed by atoms with E-state index < -0.39 is 0 Å². The fourth-order valence-corrected chi connectivity index (χ4v) is 2.77. The third-order valence-corrected chi connectivity index (χ3v) is 3.80. The molecule has 0 spiro atoms. The number of hydrogen-bond donors (Lipinski definition) is 0. The van der Waals surface area contributed by atoms with Crippen molar-refractivity contribution in [1.82, 2.24) is 9.55 Å². The Morgan fingerprint density at radius 3 is 2.55 bits per heavy atom. The Bertz CT molecular complexity index is 833. The molecule has 0 radical (unpaired) electrons. The topological polar surface area (TPSA) is 22.2 Å². The zero-order valence-electron chi connectivity index (χ0n) is 12.7. The van der Waals surface area contributed by atoms with E-state index in [2.05, 4.69) is 46.4 Å². The Labute approximate surface area is 130 Å². The lowest BCUT2D eigenvalue weighted by molar-refractivity contribution is 0.901. The van der Waals surface area contributed by atoms with Crippen LogP contribution < -0.4 is 0 Å². The van der Waals surface area contributed by atoms with E-state index in [0.29, 0.717) is 12.1 Å². The number of aromatic nitrogens is 2. The lowest BCUT2D eigenvalue weighted by Gasteiger charge is -2.14. The Balaban J connectivity index is 2.01.